The molecule has 0 aliphatic rings. The van der Waals surface area contributed by atoms with E-state index in [1.54, 1.807) is 14.0 Å². The number of methoxy groups -OCH3 is 1. The van der Waals surface area contributed by atoms with E-state index in [2.05, 4.69) is 0 Å². The zero-order valence-electron chi connectivity index (χ0n) is 10.5. The fourth-order valence-electron chi connectivity index (χ4n) is 1.46. The predicted octanol–water partition coefficient (Wildman–Crippen LogP) is -0.283. The minimum absolute atomic E-state index is 0.0159. The van der Waals surface area contributed by atoms with E-state index in [0.29, 0.717) is 13.0 Å². The summed E-state index contributed by atoms with van der Waals surface area (Å²) in [5.41, 5.74) is 5.78. The summed E-state index contributed by atoms with van der Waals surface area (Å²) in [6.45, 7) is 3.67. The van der Waals surface area contributed by atoms with Gasteiger partial charge < -0.3 is 15.4 Å². The van der Waals surface area contributed by atoms with Crippen molar-refractivity contribution in [3.05, 3.63) is 0 Å². The summed E-state index contributed by atoms with van der Waals surface area (Å²) >= 11 is 0. The molecule has 0 amide bonds. The van der Waals surface area contributed by atoms with Crippen LogP contribution in [0.25, 0.3) is 0 Å². The molecule has 0 rings (SSSR count). The third kappa shape index (κ3) is 8.04. The Balaban J connectivity index is 3.70. The lowest BCUT2D eigenvalue weighted by molar-refractivity contribution is 0.161. The van der Waals surface area contributed by atoms with Crippen LogP contribution in [0.5, 0.6) is 0 Å². The van der Waals surface area contributed by atoms with Gasteiger partial charge in [0, 0.05) is 25.4 Å². The third-order valence-corrected chi connectivity index (χ3v) is 4.15. The van der Waals surface area contributed by atoms with Gasteiger partial charge in [-0.3, -0.25) is 0 Å². The highest BCUT2D eigenvalue weighted by Crippen LogP contribution is 1.96. The Morgan fingerprint density at radius 1 is 1.44 bits per heavy atom. The van der Waals surface area contributed by atoms with E-state index in [1.807, 2.05) is 11.9 Å². The maximum atomic E-state index is 11.2. The summed E-state index contributed by atoms with van der Waals surface area (Å²) in [5.74, 6) is 0.479. The second-order valence-electron chi connectivity index (χ2n) is 4.07. The number of ether oxygens (including phenoxy) is 1. The third-order valence-electron chi connectivity index (χ3n) is 2.36. The monoisotopic (exact) mass is 252 g/mol. The molecule has 0 radical (unpaired) electrons. The van der Waals surface area contributed by atoms with Gasteiger partial charge in [-0.25, -0.2) is 8.42 Å². The first kappa shape index (κ1) is 15.8. The minimum Gasteiger partial charge on any atom is -0.383 e. The fourth-order valence-corrected chi connectivity index (χ4v) is 2.31. The largest absolute Gasteiger partial charge is 0.383 e. The molecule has 98 valence electrons. The summed E-state index contributed by atoms with van der Waals surface area (Å²) in [5, 5.41) is 0. The van der Waals surface area contributed by atoms with Crippen LogP contribution in [0.3, 0.4) is 0 Å². The van der Waals surface area contributed by atoms with Gasteiger partial charge in [-0.2, -0.15) is 0 Å². The quantitative estimate of drug-likeness (QED) is 0.611. The Kier molecular flexibility index (Phi) is 7.91. The van der Waals surface area contributed by atoms with Crippen molar-refractivity contribution in [2.75, 3.05) is 45.4 Å². The van der Waals surface area contributed by atoms with Crippen LogP contribution in [0.15, 0.2) is 0 Å². The average molecular weight is 252 g/mol. The lowest BCUT2D eigenvalue weighted by Crippen LogP contribution is -2.39. The molecule has 0 saturated carbocycles. The lowest BCUT2D eigenvalue weighted by atomic mass is 10.3. The van der Waals surface area contributed by atoms with E-state index in [-0.39, 0.29) is 17.5 Å². The fraction of sp³-hybridized carbons (Fsp3) is 1.00. The van der Waals surface area contributed by atoms with Crippen molar-refractivity contribution in [2.24, 2.45) is 5.73 Å². The highest BCUT2D eigenvalue weighted by Gasteiger charge is 2.09. The van der Waals surface area contributed by atoms with Crippen molar-refractivity contribution >= 4 is 9.84 Å². The average Bonchev–Trinajstić information content (AvgIpc) is 2.17. The number of nitrogens with zero attached hydrogens (tertiary/aromatic N) is 1. The Labute approximate surface area is 98.9 Å². The lowest BCUT2D eigenvalue weighted by Gasteiger charge is -2.20. The molecule has 0 spiro atoms. The molecule has 1 atom stereocenters. The Hall–Kier alpha value is -0.170. The second kappa shape index (κ2) is 8.00. The first-order valence-electron chi connectivity index (χ1n) is 5.54. The highest BCUT2D eigenvalue weighted by molar-refractivity contribution is 7.91. The summed E-state index contributed by atoms with van der Waals surface area (Å²) in [7, 11) is 0.721. The van der Waals surface area contributed by atoms with E-state index in [1.165, 1.54) is 0 Å². The van der Waals surface area contributed by atoms with Crippen LogP contribution in [0, 0.1) is 0 Å². The van der Waals surface area contributed by atoms with Crippen molar-refractivity contribution in [1.82, 2.24) is 4.90 Å². The topological polar surface area (TPSA) is 72.6 Å². The molecular weight excluding hydrogens is 228 g/mol. The van der Waals surface area contributed by atoms with Gasteiger partial charge >= 0.3 is 0 Å². The summed E-state index contributed by atoms with van der Waals surface area (Å²) in [4.78, 5) is 2.04. The van der Waals surface area contributed by atoms with E-state index in [9.17, 15) is 8.42 Å². The number of sulfone groups is 1. The van der Waals surface area contributed by atoms with Crippen molar-refractivity contribution in [3.63, 3.8) is 0 Å². The molecule has 6 heteroatoms. The maximum Gasteiger partial charge on any atom is 0.150 e. The van der Waals surface area contributed by atoms with E-state index in [4.69, 9.17) is 10.5 Å². The zero-order valence-corrected chi connectivity index (χ0v) is 11.3. The van der Waals surface area contributed by atoms with Crippen LogP contribution in [-0.2, 0) is 14.6 Å². The van der Waals surface area contributed by atoms with E-state index in [0.717, 1.165) is 13.1 Å². The minimum atomic E-state index is -2.84. The van der Waals surface area contributed by atoms with Gasteiger partial charge in [0.2, 0.25) is 0 Å². The van der Waals surface area contributed by atoms with Crippen LogP contribution in [0.1, 0.15) is 13.3 Å². The normalized spacial score (nSPS) is 14.3. The van der Waals surface area contributed by atoms with Crippen LogP contribution < -0.4 is 5.73 Å². The molecule has 5 nitrogen and oxygen atoms in total. The highest BCUT2D eigenvalue weighted by atomic mass is 32.2. The van der Waals surface area contributed by atoms with Crippen LogP contribution in [-0.4, -0.2) is 64.7 Å². The van der Waals surface area contributed by atoms with Crippen molar-refractivity contribution < 1.29 is 13.2 Å². The van der Waals surface area contributed by atoms with Gasteiger partial charge in [0.15, 0.2) is 0 Å². The van der Waals surface area contributed by atoms with Gasteiger partial charge in [-0.1, -0.05) is 6.92 Å². The van der Waals surface area contributed by atoms with Gasteiger partial charge in [0.1, 0.15) is 9.84 Å². The van der Waals surface area contributed by atoms with E-state index >= 15 is 0 Å². The van der Waals surface area contributed by atoms with Crippen molar-refractivity contribution in [2.45, 2.75) is 19.4 Å². The van der Waals surface area contributed by atoms with Gasteiger partial charge in [-0.15, -0.1) is 0 Å². The Morgan fingerprint density at radius 3 is 2.56 bits per heavy atom. The molecule has 0 aromatic heterocycles. The number of likely N-dealkylation sites (N-methyl/N-ethyl adjacent to an activating group) is 1. The first-order valence-corrected chi connectivity index (χ1v) is 7.37. The number of rotatable bonds is 9. The molecular formula is C10H24N2O3S. The molecule has 0 aromatic carbocycles. The van der Waals surface area contributed by atoms with Gasteiger partial charge in [0.25, 0.3) is 0 Å². The number of hydrogen-bond donors (Lipinski definition) is 1. The first-order chi connectivity index (χ1) is 7.41. The second-order valence-corrected chi connectivity index (χ2v) is 6.54. The standard InChI is InChI=1S/C10H24N2O3S/c1-4-16(13,14)7-5-6-12(2)8-10(11)9-15-3/h10H,4-9,11H2,1-3H3. The summed E-state index contributed by atoms with van der Waals surface area (Å²) in [6, 6.07) is -0.0159. The molecule has 0 aliphatic carbocycles. The zero-order chi connectivity index (χ0) is 12.6. The van der Waals surface area contributed by atoms with Gasteiger partial charge in [-0.05, 0) is 20.0 Å². The molecule has 0 heterocycles. The van der Waals surface area contributed by atoms with Crippen molar-refractivity contribution in [1.29, 1.82) is 0 Å². The molecule has 16 heavy (non-hydrogen) atoms. The van der Waals surface area contributed by atoms with Gasteiger partial charge in [0.05, 0.1) is 12.4 Å². The van der Waals surface area contributed by atoms with Crippen LogP contribution in [0.4, 0.5) is 0 Å². The molecule has 0 aromatic rings. The summed E-state index contributed by atoms with van der Waals surface area (Å²) in [6.07, 6.45) is 0.659. The van der Waals surface area contributed by atoms with Crippen LogP contribution >= 0.6 is 0 Å². The van der Waals surface area contributed by atoms with Crippen molar-refractivity contribution in [3.8, 4) is 0 Å². The molecule has 2 N–H and O–H groups in total. The SMILES string of the molecule is CCS(=O)(=O)CCCN(C)CC(N)COC. The smallest absolute Gasteiger partial charge is 0.150 e. The predicted molar refractivity (Wildman–Crippen MR) is 66.3 cm³/mol. The maximum absolute atomic E-state index is 11.2. The van der Waals surface area contributed by atoms with Crippen LogP contribution in [0.2, 0.25) is 0 Å². The van der Waals surface area contributed by atoms with E-state index < -0.39 is 9.84 Å². The molecule has 0 fully saturated rings. The Bertz CT molecular complexity index is 267. The molecule has 1 unspecified atom stereocenters. The molecule has 0 aliphatic heterocycles. The Morgan fingerprint density at radius 2 is 2.06 bits per heavy atom. The number of hydrogen-bond acceptors (Lipinski definition) is 5. The number of nitrogens with two attached hydrogens (primary N) is 1. The molecule has 0 bridgehead atoms. The molecule has 0 saturated heterocycles. The summed E-state index contributed by atoms with van der Waals surface area (Å²) < 4.78 is 27.4.